The second-order valence-electron chi connectivity index (χ2n) is 7.68. The summed E-state index contributed by atoms with van der Waals surface area (Å²) in [4.78, 5) is 27.2. The summed E-state index contributed by atoms with van der Waals surface area (Å²) >= 11 is 1.59. The van der Waals surface area contributed by atoms with E-state index in [1.54, 1.807) is 30.4 Å². The maximum absolute atomic E-state index is 13.4. The summed E-state index contributed by atoms with van der Waals surface area (Å²) in [7, 11) is 0. The van der Waals surface area contributed by atoms with Gasteiger partial charge in [0, 0.05) is 61.8 Å². The van der Waals surface area contributed by atoms with Gasteiger partial charge in [-0.15, -0.1) is 0 Å². The Morgan fingerprint density at radius 1 is 1.00 bits per heavy atom. The average Bonchev–Trinajstić information content (AvgIpc) is 2.85. The first kappa shape index (κ1) is 22.5. The Morgan fingerprint density at radius 3 is 2.50 bits per heavy atom. The Labute approximate surface area is 193 Å². The second-order valence-corrected chi connectivity index (χ2v) is 8.78. The van der Waals surface area contributed by atoms with Crippen LogP contribution in [0.2, 0.25) is 0 Å². The Hall–Kier alpha value is -2.74. The normalized spacial score (nSPS) is 14.2. The van der Waals surface area contributed by atoms with Gasteiger partial charge in [0.05, 0.1) is 13.2 Å². The molecular formula is C25H28N4O2S. The van der Waals surface area contributed by atoms with Crippen molar-refractivity contribution in [2.75, 3.05) is 39.4 Å². The van der Waals surface area contributed by atoms with Gasteiger partial charge in [0.2, 0.25) is 0 Å². The molecule has 0 radical (unpaired) electrons. The molecule has 6 nitrogen and oxygen atoms in total. The van der Waals surface area contributed by atoms with E-state index in [1.165, 1.54) is 0 Å². The number of rotatable bonds is 9. The third-order valence-electron chi connectivity index (χ3n) is 5.38. The number of aromatic nitrogens is 2. The standard InChI is InChI=1S/C25H28N4O2S/c30-25(22-5-7-23(8-6-22)32-24-4-1-2-11-27-24)29(20-21-9-12-26-13-10-21)15-3-14-28-16-18-31-19-17-28/h1-2,4-13H,3,14-20H2. The minimum absolute atomic E-state index is 0.0539. The van der Waals surface area contributed by atoms with Gasteiger partial charge in [-0.25, -0.2) is 4.98 Å². The molecule has 0 atom stereocenters. The lowest BCUT2D eigenvalue weighted by atomic mass is 10.1. The summed E-state index contributed by atoms with van der Waals surface area (Å²) in [6.45, 7) is 5.79. The van der Waals surface area contributed by atoms with Crippen LogP contribution in [0.5, 0.6) is 0 Å². The van der Waals surface area contributed by atoms with Gasteiger partial charge in [0.25, 0.3) is 5.91 Å². The van der Waals surface area contributed by atoms with E-state index < -0.39 is 0 Å². The number of nitrogens with zero attached hydrogens (tertiary/aromatic N) is 4. The first-order valence-electron chi connectivity index (χ1n) is 11.0. The SMILES string of the molecule is O=C(c1ccc(Sc2ccccn2)cc1)N(CCCN1CCOCC1)Cc1ccncc1. The molecule has 1 saturated heterocycles. The molecule has 0 aliphatic carbocycles. The van der Waals surface area contributed by atoms with Gasteiger partial charge in [-0.3, -0.25) is 14.7 Å². The summed E-state index contributed by atoms with van der Waals surface area (Å²) in [5, 5.41) is 0.939. The Kier molecular flexibility index (Phi) is 8.25. The topological polar surface area (TPSA) is 58.6 Å². The van der Waals surface area contributed by atoms with Gasteiger partial charge in [-0.05, 0) is 60.5 Å². The zero-order valence-corrected chi connectivity index (χ0v) is 18.9. The Balaban J connectivity index is 1.41. The van der Waals surface area contributed by atoms with Crippen molar-refractivity contribution in [3.05, 3.63) is 84.3 Å². The van der Waals surface area contributed by atoms with Crippen molar-refractivity contribution in [1.29, 1.82) is 0 Å². The predicted octanol–water partition coefficient (Wildman–Crippen LogP) is 3.99. The summed E-state index contributed by atoms with van der Waals surface area (Å²) < 4.78 is 5.43. The first-order chi connectivity index (χ1) is 15.8. The number of hydrogen-bond acceptors (Lipinski definition) is 6. The number of carbonyl (C=O) groups is 1. The molecule has 1 fully saturated rings. The van der Waals surface area contributed by atoms with E-state index in [2.05, 4.69) is 14.9 Å². The highest BCUT2D eigenvalue weighted by Crippen LogP contribution is 2.26. The first-order valence-corrected chi connectivity index (χ1v) is 11.8. The number of ether oxygens (including phenoxy) is 1. The van der Waals surface area contributed by atoms with E-state index in [9.17, 15) is 4.79 Å². The summed E-state index contributed by atoms with van der Waals surface area (Å²) in [5.74, 6) is 0.0539. The predicted molar refractivity (Wildman–Crippen MR) is 126 cm³/mol. The zero-order chi connectivity index (χ0) is 22.0. The van der Waals surface area contributed by atoms with Crippen molar-refractivity contribution >= 4 is 17.7 Å². The molecule has 7 heteroatoms. The number of hydrogen-bond donors (Lipinski definition) is 0. The number of pyridine rings is 2. The molecule has 3 heterocycles. The maximum atomic E-state index is 13.4. The highest BCUT2D eigenvalue weighted by molar-refractivity contribution is 7.99. The van der Waals surface area contributed by atoms with Crippen LogP contribution < -0.4 is 0 Å². The van der Waals surface area contributed by atoms with Gasteiger partial charge in [-0.2, -0.15) is 0 Å². The summed E-state index contributed by atoms with van der Waals surface area (Å²) in [6, 6.07) is 17.6. The lowest BCUT2D eigenvalue weighted by Gasteiger charge is -2.28. The highest BCUT2D eigenvalue weighted by Gasteiger charge is 2.17. The van der Waals surface area contributed by atoms with Gasteiger partial charge in [0.15, 0.2) is 0 Å². The summed E-state index contributed by atoms with van der Waals surface area (Å²) in [6.07, 6.45) is 6.27. The molecule has 0 spiro atoms. The number of morpholine rings is 1. The van der Waals surface area contributed by atoms with Crippen LogP contribution in [0.4, 0.5) is 0 Å². The third kappa shape index (κ3) is 6.63. The molecule has 1 aliphatic rings. The van der Waals surface area contributed by atoms with Crippen LogP contribution in [0.3, 0.4) is 0 Å². The molecule has 1 aliphatic heterocycles. The molecule has 3 aromatic rings. The van der Waals surface area contributed by atoms with Crippen molar-refractivity contribution < 1.29 is 9.53 Å². The molecule has 4 rings (SSSR count). The highest BCUT2D eigenvalue weighted by atomic mass is 32.2. The molecule has 0 unspecified atom stereocenters. The fraction of sp³-hybridized carbons (Fsp3) is 0.320. The number of benzene rings is 1. The van der Waals surface area contributed by atoms with Crippen LogP contribution in [-0.2, 0) is 11.3 Å². The third-order valence-corrected chi connectivity index (χ3v) is 6.34. The molecular weight excluding hydrogens is 420 g/mol. The van der Waals surface area contributed by atoms with Crippen molar-refractivity contribution in [3.8, 4) is 0 Å². The molecule has 0 bridgehead atoms. The number of carbonyl (C=O) groups excluding carboxylic acids is 1. The molecule has 32 heavy (non-hydrogen) atoms. The maximum Gasteiger partial charge on any atom is 0.254 e. The van der Waals surface area contributed by atoms with Gasteiger partial charge >= 0.3 is 0 Å². The van der Waals surface area contributed by atoms with Gasteiger partial charge in [0.1, 0.15) is 5.03 Å². The average molecular weight is 449 g/mol. The van der Waals surface area contributed by atoms with E-state index >= 15 is 0 Å². The lowest BCUT2D eigenvalue weighted by Crippen LogP contribution is -2.39. The van der Waals surface area contributed by atoms with Crippen LogP contribution in [0.25, 0.3) is 0 Å². The van der Waals surface area contributed by atoms with Crippen molar-refractivity contribution in [2.24, 2.45) is 0 Å². The molecule has 2 aromatic heterocycles. The number of amides is 1. The minimum Gasteiger partial charge on any atom is -0.379 e. The van der Waals surface area contributed by atoms with Crippen LogP contribution >= 0.6 is 11.8 Å². The largest absolute Gasteiger partial charge is 0.379 e. The molecule has 166 valence electrons. The van der Waals surface area contributed by atoms with Crippen molar-refractivity contribution in [3.63, 3.8) is 0 Å². The van der Waals surface area contributed by atoms with Crippen LogP contribution in [-0.4, -0.2) is 65.1 Å². The molecule has 1 amide bonds. The van der Waals surface area contributed by atoms with E-state index in [0.29, 0.717) is 18.7 Å². The second kappa shape index (κ2) is 11.8. The van der Waals surface area contributed by atoms with Crippen molar-refractivity contribution in [1.82, 2.24) is 19.8 Å². The Bertz CT molecular complexity index is 964. The fourth-order valence-corrected chi connectivity index (χ4v) is 4.42. The zero-order valence-electron chi connectivity index (χ0n) is 18.1. The van der Waals surface area contributed by atoms with Crippen LogP contribution in [0, 0.1) is 0 Å². The fourth-order valence-electron chi connectivity index (χ4n) is 3.65. The Morgan fingerprint density at radius 2 is 1.78 bits per heavy atom. The molecule has 0 N–H and O–H groups in total. The van der Waals surface area contributed by atoms with E-state index in [1.807, 2.05) is 59.5 Å². The molecule has 0 saturated carbocycles. The van der Waals surface area contributed by atoms with Gasteiger partial charge < -0.3 is 9.64 Å². The van der Waals surface area contributed by atoms with Crippen LogP contribution in [0.15, 0.2) is 83.1 Å². The minimum atomic E-state index is 0.0539. The van der Waals surface area contributed by atoms with Gasteiger partial charge in [-0.1, -0.05) is 17.8 Å². The quantitative estimate of drug-likeness (QED) is 0.493. The smallest absolute Gasteiger partial charge is 0.254 e. The van der Waals surface area contributed by atoms with Crippen molar-refractivity contribution in [2.45, 2.75) is 22.9 Å². The summed E-state index contributed by atoms with van der Waals surface area (Å²) in [5.41, 5.74) is 1.79. The van der Waals surface area contributed by atoms with E-state index in [4.69, 9.17) is 4.74 Å². The molecule has 1 aromatic carbocycles. The lowest BCUT2D eigenvalue weighted by molar-refractivity contribution is 0.0355. The van der Waals surface area contributed by atoms with E-state index in [0.717, 1.165) is 54.8 Å². The van der Waals surface area contributed by atoms with E-state index in [-0.39, 0.29) is 5.91 Å². The van der Waals surface area contributed by atoms with Crippen LogP contribution in [0.1, 0.15) is 22.3 Å². The monoisotopic (exact) mass is 448 g/mol.